The van der Waals surface area contributed by atoms with Crippen LogP contribution in [0.15, 0.2) is 28.0 Å². The first-order valence-electron chi connectivity index (χ1n) is 6.55. The highest BCUT2D eigenvalue weighted by molar-refractivity contribution is 7.98. The lowest BCUT2D eigenvalue weighted by Gasteiger charge is -2.21. The van der Waals surface area contributed by atoms with E-state index >= 15 is 0 Å². The van der Waals surface area contributed by atoms with Crippen LogP contribution in [0.3, 0.4) is 0 Å². The first kappa shape index (κ1) is 14.5. The van der Waals surface area contributed by atoms with Gasteiger partial charge in [0.1, 0.15) is 11.6 Å². The van der Waals surface area contributed by atoms with Crippen LogP contribution < -0.4 is 10.3 Å². The molecule has 4 nitrogen and oxygen atoms in total. The minimum Gasteiger partial charge on any atom is -0.372 e. The number of aromatic nitrogens is 1. The van der Waals surface area contributed by atoms with Crippen molar-refractivity contribution in [1.82, 2.24) is 4.98 Å². The van der Waals surface area contributed by atoms with Crippen LogP contribution in [0.2, 0.25) is 0 Å². The minimum absolute atomic E-state index is 0.195. The Balaban J connectivity index is 2.73. The van der Waals surface area contributed by atoms with Crippen LogP contribution in [0.4, 0.5) is 5.69 Å². The molecule has 0 spiro atoms. The highest BCUT2D eigenvalue weighted by Gasteiger charge is 2.12. The maximum Gasteiger partial charge on any atom is 0.208 e. The zero-order valence-corrected chi connectivity index (χ0v) is 12.7. The Morgan fingerprint density at radius 2 is 2.05 bits per heavy atom. The molecule has 1 N–H and O–H groups in total. The minimum atomic E-state index is -0.195. The quantitative estimate of drug-likeness (QED) is 0.878. The summed E-state index contributed by atoms with van der Waals surface area (Å²) in [4.78, 5) is 17.8. The van der Waals surface area contributed by atoms with Gasteiger partial charge in [-0.1, -0.05) is 0 Å². The first-order valence-corrected chi connectivity index (χ1v) is 7.77. The third kappa shape index (κ3) is 2.39. The number of anilines is 1. The number of nitrogens with one attached hydrogen (secondary N) is 1. The summed E-state index contributed by atoms with van der Waals surface area (Å²) in [5.41, 5.74) is 1.78. The summed E-state index contributed by atoms with van der Waals surface area (Å²) in [7, 11) is 0. The number of aromatic amines is 1. The third-order valence-electron chi connectivity index (χ3n) is 3.39. The van der Waals surface area contributed by atoms with Crippen LogP contribution in [0.25, 0.3) is 10.9 Å². The van der Waals surface area contributed by atoms with E-state index in [4.69, 9.17) is 5.26 Å². The maximum atomic E-state index is 12.4. The number of benzene rings is 1. The largest absolute Gasteiger partial charge is 0.372 e. The molecule has 1 heterocycles. The van der Waals surface area contributed by atoms with Crippen LogP contribution >= 0.6 is 11.8 Å². The van der Waals surface area contributed by atoms with Gasteiger partial charge < -0.3 is 9.88 Å². The predicted molar refractivity (Wildman–Crippen MR) is 84.6 cm³/mol. The van der Waals surface area contributed by atoms with Crippen molar-refractivity contribution in [3.05, 3.63) is 34.0 Å². The number of thioether (sulfide) groups is 1. The van der Waals surface area contributed by atoms with E-state index in [0.29, 0.717) is 10.4 Å². The summed E-state index contributed by atoms with van der Waals surface area (Å²) in [5, 5.41) is 10.4. The Morgan fingerprint density at radius 3 is 2.60 bits per heavy atom. The van der Waals surface area contributed by atoms with Gasteiger partial charge >= 0.3 is 0 Å². The SMILES string of the molecule is CCN(CC)c1ccc2[nH]c(SC)c(C#N)c(=O)c2c1. The summed E-state index contributed by atoms with van der Waals surface area (Å²) < 4.78 is 0. The van der Waals surface area contributed by atoms with Crippen LogP contribution in [0, 0.1) is 11.3 Å². The van der Waals surface area contributed by atoms with Crippen molar-refractivity contribution in [1.29, 1.82) is 5.26 Å². The fourth-order valence-electron chi connectivity index (χ4n) is 2.29. The molecule has 104 valence electrons. The molecule has 0 amide bonds. The van der Waals surface area contributed by atoms with E-state index in [1.54, 1.807) is 0 Å². The second-order valence-corrected chi connectivity index (χ2v) is 5.19. The lowest BCUT2D eigenvalue weighted by atomic mass is 10.1. The van der Waals surface area contributed by atoms with E-state index in [1.807, 2.05) is 30.5 Å². The maximum absolute atomic E-state index is 12.4. The van der Waals surface area contributed by atoms with Crippen molar-refractivity contribution in [3.63, 3.8) is 0 Å². The standard InChI is InChI=1S/C15H17N3OS/c1-4-18(5-2)10-6-7-13-11(8-10)14(19)12(9-16)15(17-13)20-3/h6-8H,4-5H2,1-3H3,(H,17,19). The fraction of sp³-hybridized carbons (Fsp3) is 0.333. The Bertz CT molecular complexity index is 726. The monoisotopic (exact) mass is 287 g/mol. The Labute approximate surface area is 122 Å². The molecule has 0 radical (unpaired) electrons. The highest BCUT2D eigenvalue weighted by atomic mass is 32.2. The molecule has 2 aromatic rings. The third-order valence-corrected chi connectivity index (χ3v) is 4.11. The molecule has 0 aliphatic carbocycles. The van der Waals surface area contributed by atoms with Gasteiger partial charge in [-0.25, -0.2) is 0 Å². The number of H-pyrrole nitrogens is 1. The Kier molecular flexibility index (Phi) is 4.35. The van der Waals surface area contributed by atoms with Gasteiger partial charge in [-0.2, -0.15) is 5.26 Å². The van der Waals surface area contributed by atoms with Crippen LogP contribution in [-0.2, 0) is 0 Å². The lowest BCUT2D eigenvalue weighted by Crippen LogP contribution is -2.22. The molecule has 2 rings (SSSR count). The van der Waals surface area contributed by atoms with Crippen molar-refractivity contribution in [2.45, 2.75) is 18.9 Å². The van der Waals surface area contributed by atoms with Gasteiger partial charge in [0.25, 0.3) is 0 Å². The summed E-state index contributed by atoms with van der Waals surface area (Å²) in [6.07, 6.45) is 1.85. The summed E-state index contributed by atoms with van der Waals surface area (Å²) in [5.74, 6) is 0. The second-order valence-electron chi connectivity index (χ2n) is 4.38. The van der Waals surface area contributed by atoms with Crippen molar-refractivity contribution in [2.75, 3.05) is 24.2 Å². The number of hydrogen-bond acceptors (Lipinski definition) is 4. The molecule has 20 heavy (non-hydrogen) atoms. The molecule has 0 atom stereocenters. The molecular formula is C15H17N3OS. The second kappa shape index (κ2) is 6.02. The van der Waals surface area contributed by atoms with Crippen molar-refractivity contribution in [2.24, 2.45) is 0 Å². The van der Waals surface area contributed by atoms with Gasteiger partial charge in [-0.3, -0.25) is 4.79 Å². The first-order chi connectivity index (χ1) is 9.65. The lowest BCUT2D eigenvalue weighted by molar-refractivity contribution is 0.867. The number of rotatable bonds is 4. The molecule has 0 saturated heterocycles. The number of pyridine rings is 1. The number of hydrogen-bond donors (Lipinski definition) is 1. The Hall–Kier alpha value is -1.93. The van der Waals surface area contributed by atoms with E-state index in [9.17, 15) is 4.79 Å². The van der Waals surface area contributed by atoms with Crippen LogP contribution in [0.1, 0.15) is 19.4 Å². The molecule has 0 aliphatic heterocycles. The van der Waals surface area contributed by atoms with Gasteiger partial charge in [0.15, 0.2) is 0 Å². The molecule has 5 heteroatoms. The van der Waals surface area contributed by atoms with Gasteiger partial charge in [0.05, 0.1) is 10.5 Å². The molecular weight excluding hydrogens is 270 g/mol. The van der Waals surface area contributed by atoms with Crippen molar-refractivity contribution in [3.8, 4) is 6.07 Å². The zero-order valence-electron chi connectivity index (χ0n) is 11.9. The summed E-state index contributed by atoms with van der Waals surface area (Å²) >= 11 is 1.38. The molecule has 0 saturated carbocycles. The van der Waals surface area contributed by atoms with Crippen LogP contribution in [0.5, 0.6) is 0 Å². The average molecular weight is 287 g/mol. The van der Waals surface area contributed by atoms with Gasteiger partial charge in [0.2, 0.25) is 5.43 Å². The average Bonchev–Trinajstić information content (AvgIpc) is 2.48. The van der Waals surface area contributed by atoms with E-state index < -0.39 is 0 Å². The molecule has 0 aliphatic rings. The van der Waals surface area contributed by atoms with Crippen LogP contribution in [-0.4, -0.2) is 24.3 Å². The molecule has 1 aromatic heterocycles. The van der Waals surface area contributed by atoms with Crippen molar-refractivity contribution >= 4 is 28.4 Å². The van der Waals surface area contributed by atoms with E-state index in [0.717, 1.165) is 24.3 Å². The molecule has 0 fully saturated rings. The summed E-state index contributed by atoms with van der Waals surface area (Å²) in [6, 6.07) is 7.78. The topological polar surface area (TPSA) is 59.9 Å². The van der Waals surface area contributed by atoms with Gasteiger partial charge in [-0.05, 0) is 38.3 Å². The van der Waals surface area contributed by atoms with Gasteiger partial charge in [0, 0.05) is 24.2 Å². The number of nitrogens with zero attached hydrogens (tertiary/aromatic N) is 2. The number of nitriles is 1. The fourth-order valence-corrected chi connectivity index (χ4v) is 2.85. The van der Waals surface area contributed by atoms with Gasteiger partial charge in [-0.15, -0.1) is 11.8 Å². The highest BCUT2D eigenvalue weighted by Crippen LogP contribution is 2.23. The number of fused-ring (bicyclic) bond motifs is 1. The zero-order chi connectivity index (χ0) is 14.7. The predicted octanol–water partition coefficient (Wildman–Crippen LogP) is 2.97. The van der Waals surface area contributed by atoms with Crippen molar-refractivity contribution < 1.29 is 0 Å². The van der Waals surface area contributed by atoms with E-state index in [1.165, 1.54) is 11.8 Å². The molecule has 1 aromatic carbocycles. The Morgan fingerprint density at radius 1 is 1.35 bits per heavy atom. The summed E-state index contributed by atoms with van der Waals surface area (Å²) in [6.45, 7) is 5.92. The normalized spacial score (nSPS) is 10.5. The smallest absolute Gasteiger partial charge is 0.208 e. The van der Waals surface area contributed by atoms with E-state index in [-0.39, 0.29) is 11.0 Å². The molecule has 0 bridgehead atoms. The van der Waals surface area contributed by atoms with E-state index in [2.05, 4.69) is 23.7 Å². The molecule has 0 unspecified atom stereocenters.